The summed E-state index contributed by atoms with van der Waals surface area (Å²) in [5.41, 5.74) is 2.53. The fourth-order valence-corrected chi connectivity index (χ4v) is 2.37. The number of aromatic nitrogens is 3. The average Bonchev–Trinajstić information content (AvgIpc) is 2.87. The fraction of sp³-hybridized carbons (Fsp3) is 0.467. The van der Waals surface area contributed by atoms with E-state index >= 15 is 0 Å². The second-order valence-corrected chi connectivity index (χ2v) is 6.21. The first-order valence-electron chi connectivity index (χ1n) is 6.87. The number of rotatable bonds is 5. The van der Waals surface area contributed by atoms with Crippen molar-refractivity contribution in [3.8, 4) is 0 Å². The van der Waals surface area contributed by atoms with Crippen molar-refractivity contribution in [3.05, 3.63) is 46.0 Å². The first-order chi connectivity index (χ1) is 9.49. The van der Waals surface area contributed by atoms with E-state index in [1.807, 2.05) is 0 Å². The van der Waals surface area contributed by atoms with Gasteiger partial charge < -0.3 is 9.88 Å². The monoisotopic (exact) mass is 336 g/mol. The molecular weight excluding hydrogens is 316 g/mol. The highest BCUT2D eigenvalue weighted by molar-refractivity contribution is 9.10. The van der Waals surface area contributed by atoms with Crippen molar-refractivity contribution >= 4 is 15.9 Å². The molecule has 20 heavy (non-hydrogen) atoms. The SMILES string of the molecule is Cc1cc(C(C)NCc2nncn2C(C)C)ccc1Br. The maximum atomic E-state index is 4.18. The van der Waals surface area contributed by atoms with Crippen molar-refractivity contribution in [2.45, 2.75) is 46.3 Å². The van der Waals surface area contributed by atoms with E-state index in [1.165, 1.54) is 11.1 Å². The largest absolute Gasteiger partial charge is 0.314 e. The second-order valence-electron chi connectivity index (χ2n) is 5.36. The molecule has 0 bridgehead atoms. The zero-order chi connectivity index (χ0) is 14.7. The van der Waals surface area contributed by atoms with Crippen LogP contribution in [0.25, 0.3) is 0 Å². The maximum absolute atomic E-state index is 4.18. The van der Waals surface area contributed by atoms with Gasteiger partial charge in [0.15, 0.2) is 0 Å². The predicted molar refractivity (Wildman–Crippen MR) is 84.5 cm³/mol. The number of halogens is 1. The van der Waals surface area contributed by atoms with Crippen LogP contribution >= 0.6 is 15.9 Å². The quantitative estimate of drug-likeness (QED) is 0.903. The fourth-order valence-electron chi connectivity index (χ4n) is 2.12. The summed E-state index contributed by atoms with van der Waals surface area (Å²) in [5.74, 6) is 0.973. The minimum atomic E-state index is 0.277. The summed E-state index contributed by atoms with van der Waals surface area (Å²) in [6.45, 7) is 9.26. The Labute approximate surface area is 128 Å². The van der Waals surface area contributed by atoms with E-state index in [0.717, 1.165) is 10.3 Å². The van der Waals surface area contributed by atoms with E-state index in [1.54, 1.807) is 6.33 Å². The lowest BCUT2D eigenvalue weighted by atomic mass is 10.1. The van der Waals surface area contributed by atoms with Gasteiger partial charge in [-0.2, -0.15) is 0 Å². The zero-order valence-electron chi connectivity index (χ0n) is 12.4. The molecule has 0 aliphatic heterocycles. The van der Waals surface area contributed by atoms with E-state index in [9.17, 15) is 0 Å². The van der Waals surface area contributed by atoms with Crippen LogP contribution in [0.5, 0.6) is 0 Å². The normalized spacial score (nSPS) is 12.9. The van der Waals surface area contributed by atoms with Crippen LogP contribution in [-0.2, 0) is 6.54 Å². The van der Waals surface area contributed by atoms with Crippen molar-refractivity contribution in [2.75, 3.05) is 0 Å². The topological polar surface area (TPSA) is 42.7 Å². The second kappa shape index (κ2) is 6.50. The minimum Gasteiger partial charge on any atom is -0.314 e. The van der Waals surface area contributed by atoms with Gasteiger partial charge in [0.25, 0.3) is 0 Å². The Morgan fingerprint density at radius 3 is 2.70 bits per heavy atom. The molecule has 1 aromatic carbocycles. The lowest BCUT2D eigenvalue weighted by molar-refractivity contribution is 0.509. The number of nitrogens with zero attached hydrogens (tertiary/aromatic N) is 3. The van der Waals surface area contributed by atoms with Crippen LogP contribution < -0.4 is 5.32 Å². The molecule has 1 N–H and O–H groups in total. The van der Waals surface area contributed by atoms with Gasteiger partial charge in [-0.25, -0.2) is 0 Å². The van der Waals surface area contributed by atoms with Gasteiger partial charge in [-0.05, 0) is 44.9 Å². The Kier molecular flexibility index (Phi) is 4.94. The number of nitrogens with one attached hydrogen (secondary N) is 1. The number of benzene rings is 1. The number of hydrogen-bond acceptors (Lipinski definition) is 3. The van der Waals surface area contributed by atoms with Crippen LogP contribution in [0.2, 0.25) is 0 Å². The highest BCUT2D eigenvalue weighted by Crippen LogP contribution is 2.21. The Hall–Kier alpha value is -1.20. The number of hydrogen-bond donors (Lipinski definition) is 1. The Morgan fingerprint density at radius 2 is 2.05 bits per heavy atom. The zero-order valence-corrected chi connectivity index (χ0v) is 14.0. The first-order valence-corrected chi connectivity index (χ1v) is 7.66. The highest BCUT2D eigenvalue weighted by Gasteiger charge is 2.10. The molecule has 5 heteroatoms. The van der Waals surface area contributed by atoms with Crippen molar-refractivity contribution in [2.24, 2.45) is 0 Å². The summed E-state index contributed by atoms with van der Waals surface area (Å²) in [5, 5.41) is 11.7. The average molecular weight is 337 g/mol. The third kappa shape index (κ3) is 3.46. The molecule has 4 nitrogen and oxygen atoms in total. The van der Waals surface area contributed by atoms with Gasteiger partial charge in [0.1, 0.15) is 12.2 Å². The van der Waals surface area contributed by atoms with E-state index in [4.69, 9.17) is 0 Å². The molecule has 0 saturated heterocycles. The molecule has 1 unspecified atom stereocenters. The third-order valence-corrected chi connectivity index (χ3v) is 4.34. The van der Waals surface area contributed by atoms with Crippen LogP contribution in [0.4, 0.5) is 0 Å². The van der Waals surface area contributed by atoms with Gasteiger partial charge >= 0.3 is 0 Å². The molecule has 0 spiro atoms. The van der Waals surface area contributed by atoms with Crippen molar-refractivity contribution < 1.29 is 0 Å². The van der Waals surface area contributed by atoms with Gasteiger partial charge in [0.05, 0.1) is 6.54 Å². The smallest absolute Gasteiger partial charge is 0.147 e. The molecule has 2 aromatic rings. The van der Waals surface area contributed by atoms with E-state index in [0.29, 0.717) is 12.6 Å². The third-order valence-electron chi connectivity index (χ3n) is 3.45. The minimum absolute atomic E-state index is 0.277. The van der Waals surface area contributed by atoms with Gasteiger partial charge in [-0.3, -0.25) is 0 Å². The van der Waals surface area contributed by atoms with Crippen LogP contribution in [0.1, 0.15) is 49.8 Å². The first kappa shape index (κ1) is 15.2. The van der Waals surface area contributed by atoms with Crippen LogP contribution in [-0.4, -0.2) is 14.8 Å². The Balaban J connectivity index is 2.03. The summed E-state index contributed by atoms with van der Waals surface area (Å²) in [7, 11) is 0. The summed E-state index contributed by atoms with van der Waals surface area (Å²) in [4.78, 5) is 0. The highest BCUT2D eigenvalue weighted by atomic mass is 79.9. The van der Waals surface area contributed by atoms with E-state index < -0.39 is 0 Å². The van der Waals surface area contributed by atoms with Crippen molar-refractivity contribution in [1.29, 1.82) is 0 Å². The van der Waals surface area contributed by atoms with E-state index in [-0.39, 0.29) is 6.04 Å². The molecule has 0 aliphatic rings. The van der Waals surface area contributed by atoms with Crippen LogP contribution in [0.15, 0.2) is 29.0 Å². The van der Waals surface area contributed by atoms with Gasteiger partial charge in [-0.15, -0.1) is 10.2 Å². The molecule has 1 aromatic heterocycles. The molecule has 0 amide bonds. The van der Waals surface area contributed by atoms with Crippen molar-refractivity contribution in [3.63, 3.8) is 0 Å². The summed E-state index contributed by atoms with van der Waals surface area (Å²) >= 11 is 3.53. The van der Waals surface area contributed by atoms with Gasteiger partial charge in [0.2, 0.25) is 0 Å². The van der Waals surface area contributed by atoms with Gasteiger partial charge in [-0.1, -0.05) is 28.1 Å². The summed E-state index contributed by atoms with van der Waals surface area (Å²) < 4.78 is 3.24. The standard InChI is InChI=1S/C15H21BrN4/c1-10(2)20-9-18-19-15(20)8-17-12(4)13-5-6-14(16)11(3)7-13/h5-7,9-10,12,17H,8H2,1-4H3. The Morgan fingerprint density at radius 1 is 1.30 bits per heavy atom. The lowest BCUT2D eigenvalue weighted by Gasteiger charge is -2.16. The molecule has 0 saturated carbocycles. The van der Waals surface area contributed by atoms with Gasteiger partial charge in [0, 0.05) is 16.6 Å². The van der Waals surface area contributed by atoms with Crippen LogP contribution in [0.3, 0.4) is 0 Å². The van der Waals surface area contributed by atoms with E-state index in [2.05, 4.69) is 81.9 Å². The summed E-state index contributed by atoms with van der Waals surface area (Å²) in [6, 6.07) is 7.10. The summed E-state index contributed by atoms with van der Waals surface area (Å²) in [6.07, 6.45) is 1.79. The molecular formula is C15H21BrN4. The lowest BCUT2D eigenvalue weighted by Crippen LogP contribution is -2.21. The molecule has 0 fully saturated rings. The molecule has 1 atom stereocenters. The maximum Gasteiger partial charge on any atom is 0.147 e. The molecule has 0 aliphatic carbocycles. The predicted octanol–water partition coefficient (Wildman–Crippen LogP) is 3.78. The number of aryl methyl sites for hydroxylation is 1. The molecule has 108 valence electrons. The Bertz CT molecular complexity index is 577. The molecule has 1 heterocycles. The molecule has 0 radical (unpaired) electrons. The van der Waals surface area contributed by atoms with Crippen molar-refractivity contribution in [1.82, 2.24) is 20.1 Å². The molecule has 2 rings (SSSR count). The van der Waals surface area contributed by atoms with Crippen LogP contribution in [0, 0.1) is 6.92 Å².